The van der Waals surface area contributed by atoms with Crippen LogP contribution in [-0.2, 0) is 0 Å². The molecule has 0 saturated heterocycles. The lowest BCUT2D eigenvalue weighted by Gasteiger charge is -2.11. The van der Waals surface area contributed by atoms with Gasteiger partial charge in [0.25, 0.3) is 0 Å². The van der Waals surface area contributed by atoms with Crippen molar-refractivity contribution in [3.05, 3.63) is 79.5 Å². The summed E-state index contributed by atoms with van der Waals surface area (Å²) < 4.78 is 5.89. The third-order valence-corrected chi connectivity index (χ3v) is 6.15. The molecule has 5 aromatic heterocycles. The fourth-order valence-electron chi connectivity index (χ4n) is 4.31. The van der Waals surface area contributed by atoms with Crippen molar-refractivity contribution in [2.24, 2.45) is 0 Å². The lowest BCUT2D eigenvalue weighted by molar-refractivity contribution is 0.261. The number of hydrogen-bond donors (Lipinski definition) is 2. The van der Waals surface area contributed by atoms with E-state index in [4.69, 9.17) is 4.74 Å². The van der Waals surface area contributed by atoms with Gasteiger partial charge < -0.3 is 14.6 Å². The molecule has 5 heterocycles. The predicted molar refractivity (Wildman–Crippen MR) is 142 cm³/mol. The van der Waals surface area contributed by atoms with Gasteiger partial charge in [-0.05, 0) is 62.1 Å². The lowest BCUT2D eigenvalue weighted by atomic mass is 10.0. The van der Waals surface area contributed by atoms with E-state index in [1.807, 2.05) is 63.0 Å². The number of ether oxygens (including phenoxy) is 1. The van der Waals surface area contributed by atoms with Crippen LogP contribution in [0.15, 0.2) is 79.5 Å². The van der Waals surface area contributed by atoms with Crippen LogP contribution in [0.1, 0.15) is 0 Å². The number of nitrogens with one attached hydrogen (secondary N) is 2. The molecule has 0 amide bonds. The van der Waals surface area contributed by atoms with Gasteiger partial charge in [0.05, 0.1) is 23.1 Å². The van der Waals surface area contributed by atoms with Crippen LogP contribution in [0.5, 0.6) is 5.75 Å². The average molecular weight is 476 g/mol. The van der Waals surface area contributed by atoms with E-state index < -0.39 is 0 Å². The van der Waals surface area contributed by atoms with Gasteiger partial charge in [-0.1, -0.05) is 6.07 Å². The van der Waals surface area contributed by atoms with Crippen LogP contribution in [0.2, 0.25) is 0 Å². The molecule has 0 aliphatic heterocycles. The highest BCUT2D eigenvalue weighted by molar-refractivity contribution is 6.00. The number of benzene rings is 1. The Labute approximate surface area is 208 Å². The molecule has 0 unspecified atom stereocenters. The van der Waals surface area contributed by atoms with Gasteiger partial charge in [-0.25, -0.2) is 0 Å². The van der Waals surface area contributed by atoms with Gasteiger partial charge in [-0.15, -0.1) is 0 Å². The predicted octanol–water partition coefficient (Wildman–Crippen LogP) is 5.17. The quantitative estimate of drug-likeness (QED) is 0.331. The Morgan fingerprint density at radius 2 is 1.69 bits per heavy atom. The maximum absolute atomic E-state index is 5.89. The third kappa shape index (κ3) is 4.18. The van der Waals surface area contributed by atoms with Crippen LogP contribution < -0.4 is 4.74 Å². The second-order valence-electron chi connectivity index (χ2n) is 8.94. The van der Waals surface area contributed by atoms with Crippen LogP contribution in [0.3, 0.4) is 0 Å². The maximum Gasteiger partial charge on any atom is 0.138 e. The Bertz CT molecular complexity index is 1650. The first-order valence-corrected chi connectivity index (χ1v) is 11.8. The molecule has 1 aromatic carbocycles. The fourth-order valence-corrected chi connectivity index (χ4v) is 4.31. The number of hydrogen-bond acceptors (Lipinski definition) is 6. The first-order valence-electron chi connectivity index (χ1n) is 11.8. The zero-order chi connectivity index (χ0) is 24.5. The lowest BCUT2D eigenvalue weighted by Crippen LogP contribution is -2.19. The molecule has 0 spiro atoms. The third-order valence-electron chi connectivity index (χ3n) is 6.15. The van der Waals surface area contributed by atoms with E-state index in [1.54, 1.807) is 12.4 Å². The van der Waals surface area contributed by atoms with Crippen molar-refractivity contribution in [1.29, 1.82) is 0 Å². The molecule has 6 aromatic rings. The van der Waals surface area contributed by atoms with E-state index in [9.17, 15) is 0 Å². The molecular formula is C28H25N7O. The number of aromatic nitrogens is 6. The van der Waals surface area contributed by atoms with E-state index in [-0.39, 0.29) is 0 Å². The number of fused-ring (bicyclic) bond motifs is 2. The molecule has 0 saturated carbocycles. The summed E-state index contributed by atoms with van der Waals surface area (Å²) in [4.78, 5) is 18.9. The van der Waals surface area contributed by atoms with E-state index in [2.05, 4.69) is 53.2 Å². The van der Waals surface area contributed by atoms with E-state index in [1.165, 1.54) is 0 Å². The largest absolute Gasteiger partial charge is 0.491 e. The number of nitrogens with zero attached hydrogens (tertiary/aromatic N) is 5. The highest BCUT2D eigenvalue weighted by Crippen LogP contribution is 2.34. The summed E-state index contributed by atoms with van der Waals surface area (Å²) in [5.74, 6) is 0.757. The standard InChI is InChI=1S/C28H25N7O/c1-35(2)10-11-36-21-12-20(16-30-17-21)18-5-6-25-22(13-18)28(34-33-25)26-14-23-24(32-26)7-9-31-27(23)19-4-3-8-29-15-19/h3-9,12-17,32H,10-11H2,1-2H3,(H,33,34). The number of rotatable bonds is 7. The monoisotopic (exact) mass is 475 g/mol. The summed E-state index contributed by atoms with van der Waals surface area (Å²) in [6.07, 6.45) is 9.01. The van der Waals surface area contributed by atoms with Gasteiger partial charge in [-0.2, -0.15) is 5.10 Å². The SMILES string of the molecule is CN(C)CCOc1cncc(-c2ccc3[nH]nc(-c4cc5c(-c6cccnc6)nccc5[nH]4)c3c2)c1. The van der Waals surface area contributed by atoms with E-state index >= 15 is 0 Å². The van der Waals surface area contributed by atoms with Crippen LogP contribution >= 0.6 is 0 Å². The van der Waals surface area contributed by atoms with Crippen molar-refractivity contribution in [2.75, 3.05) is 27.2 Å². The topological polar surface area (TPSA) is 95.6 Å². The number of likely N-dealkylation sites (N-methyl/N-ethyl adjacent to an activating group) is 1. The molecule has 0 aliphatic carbocycles. The zero-order valence-electron chi connectivity index (χ0n) is 20.1. The van der Waals surface area contributed by atoms with Gasteiger partial charge in [0.1, 0.15) is 18.1 Å². The minimum atomic E-state index is 0.610. The van der Waals surface area contributed by atoms with Crippen LogP contribution in [0.25, 0.3) is 55.6 Å². The summed E-state index contributed by atoms with van der Waals surface area (Å²) in [5, 5.41) is 9.85. The minimum absolute atomic E-state index is 0.610. The van der Waals surface area contributed by atoms with Gasteiger partial charge in [-0.3, -0.25) is 20.1 Å². The summed E-state index contributed by atoms with van der Waals surface area (Å²) in [5.41, 5.74) is 7.64. The summed E-state index contributed by atoms with van der Waals surface area (Å²) >= 11 is 0. The van der Waals surface area contributed by atoms with Crippen molar-refractivity contribution in [2.45, 2.75) is 0 Å². The molecule has 0 radical (unpaired) electrons. The van der Waals surface area contributed by atoms with Gasteiger partial charge >= 0.3 is 0 Å². The van der Waals surface area contributed by atoms with Crippen molar-refractivity contribution in [1.82, 2.24) is 35.0 Å². The maximum atomic E-state index is 5.89. The van der Waals surface area contributed by atoms with E-state index in [0.29, 0.717) is 6.61 Å². The van der Waals surface area contributed by atoms with Crippen molar-refractivity contribution < 1.29 is 4.74 Å². The van der Waals surface area contributed by atoms with Gasteiger partial charge in [0, 0.05) is 58.7 Å². The molecule has 8 heteroatoms. The molecule has 36 heavy (non-hydrogen) atoms. The molecule has 0 fully saturated rings. The second-order valence-corrected chi connectivity index (χ2v) is 8.94. The first-order chi connectivity index (χ1) is 17.7. The molecule has 8 nitrogen and oxygen atoms in total. The van der Waals surface area contributed by atoms with Crippen molar-refractivity contribution >= 4 is 21.8 Å². The van der Waals surface area contributed by atoms with Gasteiger partial charge in [0.15, 0.2) is 0 Å². The Balaban J connectivity index is 1.38. The Morgan fingerprint density at radius 3 is 2.56 bits per heavy atom. The molecule has 178 valence electrons. The molecule has 6 rings (SSSR count). The number of pyridine rings is 3. The van der Waals surface area contributed by atoms with Crippen LogP contribution in [0, 0.1) is 0 Å². The summed E-state index contributed by atoms with van der Waals surface area (Å²) in [6.45, 7) is 1.45. The Morgan fingerprint density at radius 1 is 0.806 bits per heavy atom. The Kier molecular flexibility index (Phi) is 5.63. The van der Waals surface area contributed by atoms with E-state index in [0.717, 1.165) is 67.9 Å². The van der Waals surface area contributed by atoms with Crippen LogP contribution in [-0.4, -0.2) is 62.3 Å². The van der Waals surface area contributed by atoms with Crippen molar-refractivity contribution in [3.8, 4) is 39.5 Å². The number of aromatic amines is 2. The summed E-state index contributed by atoms with van der Waals surface area (Å²) in [7, 11) is 4.05. The highest BCUT2D eigenvalue weighted by Gasteiger charge is 2.15. The average Bonchev–Trinajstić information content (AvgIpc) is 3.53. The molecule has 0 atom stereocenters. The molecule has 2 N–H and O–H groups in total. The van der Waals surface area contributed by atoms with Gasteiger partial charge in [0.2, 0.25) is 0 Å². The molecule has 0 bridgehead atoms. The fraction of sp³-hybridized carbons (Fsp3) is 0.143. The van der Waals surface area contributed by atoms with Crippen molar-refractivity contribution in [3.63, 3.8) is 0 Å². The smallest absolute Gasteiger partial charge is 0.138 e. The number of H-pyrrole nitrogens is 2. The molecular weight excluding hydrogens is 450 g/mol. The Hall–Kier alpha value is -4.56. The highest BCUT2D eigenvalue weighted by atomic mass is 16.5. The normalized spacial score (nSPS) is 11.5. The molecule has 0 aliphatic rings. The first kappa shape index (κ1) is 21.9. The van der Waals surface area contributed by atoms with Crippen LogP contribution in [0.4, 0.5) is 0 Å². The zero-order valence-corrected chi connectivity index (χ0v) is 20.1. The minimum Gasteiger partial charge on any atom is -0.491 e. The summed E-state index contributed by atoms with van der Waals surface area (Å²) in [6, 6.07) is 16.3. The second kappa shape index (κ2) is 9.24.